The van der Waals surface area contributed by atoms with Crippen LogP contribution in [0, 0.1) is 27.7 Å². The second-order valence-corrected chi connectivity index (χ2v) is 4.53. The Labute approximate surface area is 106 Å². The summed E-state index contributed by atoms with van der Waals surface area (Å²) >= 11 is 0. The number of hydrogen-bond acceptors (Lipinski definition) is 4. The lowest BCUT2D eigenvalue weighted by Crippen LogP contribution is -2.10. The van der Waals surface area contributed by atoms with Gasteiger partial charge in [-0.1, -0.05) is 0 Å². The first-order valence-corrected chi connectivity index (χ1v) is 5.74. The minimum atomic E-state index is -0.570. The Morgan fingerprint density at radius 2 is 1.72 bits per heavy atom. The van der Waals surface area contributed by atoms with Crippen molar-refractivity contribution in [3.63, 3.8) is 0 Å². The summed E-state index contributed by atoms with van der Waals surface area (Å²) in [6.07, 6.45) is 1.50. The Balaban J connectivity index is 2.82. The fourth-order valence-corrected chi connectivity index (χ4v) is 2.17. The SMILES string of the molecule is Cc1c(C)c(C)c2ncc(C(=O)ON)cc2c1C. The molecule has 0 saturated heterocycles. The molecule has 0 atom stereocenters. The van der Waals surface area contributed by atoms with Gasteiger partial charge in [-0.15, -0.1) is 0 Å². The van der Waals surface area contributed by atoms with Crippen LogP contribution >= 0.6 is 0 Å². The van der Waals surface area contributed by atoms with Gasteiger partial charge < -0.3 is 4.84 Å². The molecule has 2 rings (SSSR count). The van der Waals surface area contributed by atoms with E-state index in [1.165, 1.54) is 17.3 Å². The van der Waals surface area contributed by atoms with Gasteiger partial charge in [0.05, 0.1) is 11.1 Å². The molecule has 2 aromatic rings. The normalized spacial score (nSPS) is 10.7. The Bertz CT molecular complexity index is 648. The molecule has 0 fully saturated rings. The third kappa shape index (κ3) is 1.75. The summed E-state index contributed by atoms with van der Waals surface area (Å²) in [6.45, 7) is 8.23. The van der Waals surface area contributed by atoms with Crippen molar-refractivity contribution < 1.29 is 9.63 Å². The van der Waals surface area contributed by atoms with Crippen molar-refractivity contribution in [1.82, 2.24) is 4.98 Å². The van der Waals surface area contributed by atoms with Gasteiger partial charge in [-0.2, -0.15) is 5.90 Å². The van der Waals surface area contributed by atoms with Crippen LogP contribution in [0.4, 0.5) is 0 Å². The molecule has 0 aliphatic heterocycles. The number of aryl methyl sites for hydroxylation is 2. The van der Waals surface area contributed by atoms with Gasteiger partial charge in [0.1, 0.15) is 0 Å². The van der Waals surface area contributed by atoms with Crippen molar-refractivity contribution in [2.24, 2.45) is 5.90 Å². The average Bonchev–Trinajstić information content (AvgIpc) is 2.41. The maximum Gasteiger partial charge on any atom is 0.358 e. The molecule has 0 saturated carbocycles. The molecular weight excluding hydrogens is 228 g/mol. The van der Waals surface area contributed by atoms with Gasteiger partial charge in [0.15, 0.2) is 0 Å². The second kappa shape index (κ2) is 4.38. The minimum absolute atomic E-state index is 0.371. The Morgan fingerprint density at radius 3 is 2.33 bits per heavy atom. The minimum Gasteiger partial charge on any atom is -0.370 e. The smallest absolute Gasteiger partial charge is 0.358 e. The largest absolute Gasteiger partial charge is 0.370 e. The van der Waals surface area contributed by atoms with Gasteiger partial charge in [-0.25, -0.2) is 4.79 Å². The summed E-state index contributed by atoms with van der Waals surface area (Å²) in [5.41, 5.74) is 6.02. The summed E-state index contributed by atoms with van der Waals surface area (Å²) in [7, 11) is 0. The maximum absolute atomic E-state index is 11.4. The van der Waals surface area contributed by atoms with E-state index in [1.54, 1.807) is 6.07 Å². The average molecular weight is 244 g/mol. The number of carbonyl (C=O) groups is 1. The standard InChI is InChI=1S/C14H16N2O2/c1-7-8(2)10(4)13-12(9(7)3)5-11(6-16-13)14(17)18-15/h5-6H,15H2,1-4H3. The monoisotopic (exact) mass is 244 g/mol. The van der Waals surface area contributed by atoms with Crippen LogP contribution in [-0.2, 0) is 4.84 Å². The lowest BCUT2D eigenvalue weighted by atomic mass is 9.94. The first kappa shape index (κ1) is 12.5. The van der Waals surface area contributed by atoms with Crippen LogP contribution in [0.25, 0.3) is 10.9 Å². The fourth-order valence-electron chi connectivity index (χ4n) is 2.17. The molecule has 0 radical (unpaired) electrons. The molecule has 0 amide bonds. The topological polar surface area (TPSA) is 65.2 Å². The van der Waals surface area contributed by atoms with E-state index in [-0.39, 0.29) is 0 Å². The molecule has 0 unspecified atom stereocenters. The van der Waals surface area contributed by atoms with Crippen molar-refractivity contribution in [2.45, 2.75) is 27.7 Å². The van der Waals surface area contributed by atoms with Crippen LogP contribution in [0.5, 0.6) is 0 Å². The molecule has 18 heavy (non-hydrogen) atoms. The molecule has 4 nitrogen and oxygen atoms in total. The van der Waals surface area contributed by atoms with Crippen molar-refractivity contribution >= 4 is 16.9 Å². The van der Waals surface area contributed by atoms with Gasteiger partial charge in [-0.3, -0.25) is 4.98 Å². The zero-order valence-corrected chi connectivity index (χ0v) is 11.0. The predicted molar refractivity (Wildman–Crippen MR) is 70.3 cm³/mol. The summed E-state index contributed by atoms with van der Waals surface area (Å²) in [4.78, 5) is 20.0. The number of aromatic nitrogens is 1. The summed E-state index contributed by atoms with van der Waals surface area (Å²) < 4.78 is 0. The van der Waals surface area contributed by atoms with Gasteiger partial charge in [0, 0.05) is 11.6 Å². The Kier molecular flexibility index (Phi) is 3.05. The number of rotatable bonds is 1. The highest BCUT2D eigenvalue weighted by molar-refractivity contribution is 5.96. The fraction of sp³-hybridized carbons (Fsp3) is 0.286. The first-order chi connectivity index (χ1) is 8.47. The first-order valence-electron chi connectivity index (χ1n) is 5.74. The number of hydrogen-bond donors (Lipinski definition) is 1. The molecule has 0 bridgehead atoms. The second-order valence-electron chi connectivity index (χ2n) is 4.53. The zero-order valence-electron chi connectivity index (χ0n) is 11.0. The number of fused-ring (bicyclic) bond motifs is 1. The van der Waals surface area contributed by atoms with Gasteiger partial charge >= 0.3 is 5.97 Å². The number of pyridine rings is 1. The highest BCUT2D eigenvalue weighted by Gasteiger charge is 2.13. The van der Waals surface area contributed by atoms with Crippen LogP contribution in [0.2, 0.25) is 0 Å². The summed E-state index contributed by atoms with van der Waals surface area (Å²) in [5, 5.41) is 0.971. The molecule has 94 valence electrons. The predicted octanol–water partition coefficient (Wildman–Crippen LogP) is 2.50. The zero-order chi connectivity index (χ0) is 13.4. The van der Waals surface area contributed by atoms with Crippen molar-refractivity contribution in [3.8, 4) is 0 Å². The molecule has 1 aromatic heterocycles. The number of nitrogens with two attached hydrogens (primary N) is 1. The molecule has 0 aliphatic carbocycles. The Hall–Kier alpha value is -1.94. The highest BCUT2D eigenvalue weighted by Crippen LogP contribution is 2.28. The lowest BCUT2D eigenvalue weighted by molar-refractivity contribution is 0.0503. The number of nitrogens with zero attached hydrogens (tertiary/aromatic N) is 1. The van der Waals surface area contributed by atoms with Crippen molar-refractivity contribution in [2.75, 3.05) is 0 Å². The van der Waals surface area contributed by atoms with Crippen LogP contribution in [0.1, 0.15) is 32.6 Å². The van der Waals surface area contributed by atoms with Gasteiger partial charge in [-0.05, 0) is 56.0 Å². The van der Waals surface area contributed by atoms with Crippen LogP contribution in [0.15, 0.2) is 12.3 Å². The Morgan fingerprint density at radius 1 is 1.11 bits per heavy atom. The van der Waals surface area contributed by atoms with Crippen LogP contribution in [0.3, 0.4) is 0 Å². The lowest BCUT2D eigenvalue weighted by Gasteiger charge is -2.13. The quantitative estimate of drug-likeness (QED) is 0.783. The molecule has 0 aliphatic rings. The maximum atomic E-state index is 11.4. The van der Waals surface area contributed by atoms with Crippen molar-refractivity contribution in [3.05, 3.63) is 40.1 Å². The highest BCUT2D eigenvalue weighted by atomic mass is 16.7. The molecule has 2 N–H and O–H groups in total. The van der Waals surface area contributed by atoms with Crippen LogP contribution < -0.4 is 5.90 Å². The van der Waals surface area contributed by atoms with Gasteiger partial charge in [0.2, 0.25) is 0 Å². The van der Waals surface area contributed by atoms with E-state index in [9.17, 15) is 4.79 Å². The van der Waals surface area contributed by atoms with E-state index in [1.807, 2.05) is 13.8 Å². The van der Waals surface area contributed by atoms with Gasteiger partial charge in [0.25, 0.3) is 0 Å². The summed E-state index contributed by atoms with van der Waals surface area (Å²) in [5.74, 6) is 4.32. The molecule has 1 aromatic carbocycles. The van der Waals surface area contributed by atoms with Crippen LogP contribution in [-0.4, -0.2) is 11.0 Å². The van der Waals surface area contributed by atoms with E-state index >= 15 is 0 Å². The van der Waals surface area contributed by atoms with Crippen molar-refractivity contribution in [1.29, 1.82) is 0 Å². The number of benzene rings is 1. The van der Waals surface area contributed by atoms with E-state index in [0.717, 1.165) is 22.0 Å². The van der Waals surface area contributed by atoms with E-state index in [2.05, 4.69) is 23.7 Å². The molecule has 4 heteroatoms. The molecule has 0 spiro atoms. The van der Waals surface area contributed by atoms with E-state index in [4.69, 9.17) is 5.90 Å². The van der Waals surface area contributed by atoms with E-state index in [0.29, 0.717) is 5.56 Å². The molecule has 1 heterocycles. The third-order valence-electron chi connectivity index (χ3n) is 3.68. The summed E-state index contributed by atoms with van der Waals surface area (Å²) in [6, 6.07) is 1.78. The van der Waals surface area contributed by atoms with E-state index < -0.39 is 5.97 Å². The number of carbonyl (C=O) groups excluding carboxylic acids is 1. The third-order valence-corrected chi connectivity index (χ3v) is 3.68. The molecular formula is C14H16N2O2.